The van der Waals surface area contributed by atoms with E-state index in [1.807, 2.05) is 0 Å². The molecule has 3 aliphatic carbocycles. The second-order valence-corrected chi connectivity index (χ2v) is 18.6. The average molecular weight is 425 g/mol. The lowest BCUT2D eigenvalue weighted by atomic mass is 9.81. The predicted molar refractivity (Wildman–Crippen MR) is 123 cm³/mol. The van der Waals surface area contributed by atoms with Crippen LogP contribution in [0.25, 0.3) is 0 Å². The van der Waals surface area contributed by atoms with Crippen LogP contribution in [0.5, 0.6) is 0 Å². The van der Waals surface area contributed by atoms with Crippen molar-refractivity contribution in [1.82, 2.24) is 0 Å². The summed E-state index contributed by atoms with van der Waals surface area (Å²) in [6, 6.07) is 0. The molecule has 0 aromatic carbocycles. The highest BCUT2D eigenvalue weighted by Gasteiger charge is 2.62. The van der Waals surface area contributed by atoms with Crippen LogP contribution in [0.15, 0.2) is 0 Å². The maximum atomic E-state index is 7.36. The predicted octanol–water partition coefficient (Wildman–Crippen LogP) is 6.83. The largest absolute Gasteiger partial charge is 0.414 e. The smallest absolute Gasteiger partial charge is 0.192 e. The van der Waals surface area contributed by atoms with Crippen molar-refractivity contribution in [1.29, 1.82) is 0 Å². The van der Waals surface area contributed by atoms with Gasteiger partial charge in [0.2, 0.25) is 0 Å². The molecule has 27 heavy (non-hydrogen) atoms. The van der Waals surface area contributed by atoms with Gasteiger partial charge in [-0.25, -0.2) is 0 Å². The van der Waals surface area contributed by atoms with E-state index in [4.69, 9.17) is 4.43 Å². The first-order valence-corrected chi connectivity index (χ1v) is 16.7. The van der Waals surface area contributed by atoms with E-state index in [2.05, 4.69) is 57.4 Å². The van der Waals surface area contributed by atoms with Crippen molar-refractivity contribution in [2.45, 2.75) is 111 Å². The summed E-state index contributed by atoms with van der Waals surface area (Å²) in [4.78, 5) is 0. The van der Waals surface area contributed by atoms with E-state index in [0.717, 1.165) is 56.1 Å². The van der Waals surface area contributed by atoms with Gasteiger partial charge in [-0.1, -0.05) is 40.0 Å². The van der Waals surface area contributed by atoms with E-state index in [1.54, 1.807) is 0 Å². The third kappa shape index (κ3) is 3.31. The maximum absolute atomic E-state index is 7.36. The van der Waals surface area contributed by atoms with Crippen LogP contribution in [0.2, 0.25) is 18.6 Å². The summed E-state index contributed by atoms with van der Waals surface area (Å²) in [7, 11) is -1.73. The average Bonchev–Trinajstić information content (AvgIpc) is 3.29. The van der Waals surface area contributed by atoms with Crippen molar-refractivity contribution >= 4 is 31.8 Å². The highest BCUT2D eigenvalue weighted by Crippen LogP contribution is 2.66. The van der Waals surface area contributed by atoms with Crippen LogP contribution in [0.4, 0.5) is 0 Å². The fraction of sp³-hybridized carbons (Fsp3) is 1.00. The summed E-state index contributed by atoms with van der Waals surface area (Å²) < 4.78 is 7.36. The van der Waals surface area contributed by atoms with Crippen LogP contribution in [0.1, 0.15) is 65.7 Å². The molecular formula is C23H40OS2Si. The van der Waals surface area contributed by atoms with E-state index in [1.165, 1.54) is 44.9 Å². The summed E-state index contributed by atoms with van der Waals surface area (Å²) in [6.45, 7) is 12.7. The molecule has 0 spiro atoms. The number of hydrogen-bond acceptors (Lipinski definition) is 3. The van der Waals surface area contributed by atoms with E-state index < -0.39 is 8.32 Å². The standard InChI is InChI=1S/C23H40OS2Si/c1-13-10-16-8-6-7-9-17(16)20(13)24-27(4,5)23-21-18(11-14(2)25-21)19-12-15(3)26-22(19)23/h13-23H,6-12H2,1-5H3. The summed E-state index contributed by atoms with van der Waals surface area (Å²) >= 11 is 4.70. The van der Waals surface area contributed by atoms with Gasteiger partial charge >= 0.3 is 0 Å². The molecule has 3 saturated carbocycles. The second-order valence-electron chi connectivity index (χ2n) is 11.3. The fourth-order valence-electron chi connectivity index (χ4n) is 8.03. The lowest BCUT2D eigenvalue weighted by Crippen LogP contribution is -2.48. The molecule has 10 atom stereocenters. The first-order valence-electron chi connectivity index (χ1n) is 11.8. The normalized spacial score (nSPS) is 54.8. The summed E-state index contributed by atoms with van der Waals surface area (Å²) in [5.74, 6) is 4.66. The van der Waals surface area contributed by atoms with Crippen molar-refractivity contribution in [2.75, 3.05) is 0 Å². The highest BCUT2D eigenvalue weighted by atomic mass is 32.2. The molecule has 5 aliphatic rings. The second kappa shape index (κ2) is 7.23. The van der Waals surface area contributed by atoms with E-state index >= 15 is 0 Å². The van der Waals surface area contributed by atoms with Crippen molar-refractivity contribution in [2.24, 2.45) is 29.6 Å². The van der Waals surface area contributed by atoms with E-state index in [0.29, 0.717) is 6.10 Å². The lowest BCUT2D eigenvalue weighted by Gasteiger charge is -2.41. The zero-order chi connectivity index (χ0) is 18.9. The third-order valence-corrected chi connectivity index (χ3v) is 15.9. The molecule has 2 aliphatic heterocycles. The Hall–Kier alpha value is 0.877. The molecule has 0 amide bonds. The molecule has 1 nitrogen and oxygen atoms in total. The molecule has 4 heteroatoms. The Bertz CT molecular complexity index is 545. The molecule has 154 valence electrons. The first kappa shape index (κ1) is 19.8. The van der Waals surface area contributed by atoms with Crippen molar-refractivity contribution in [3.63, 3.8) is 0 Å². The van der Waals surface area contributed by atoms with Gasteiger partial charge in [0, 0.05) is 26.5 Å². The minimum atomic E-state index is -1.73. The summed E-state index contributed by atoms with van der Waals surface area (Å²) in [5, 5.41) is 3.58. The van der Waals surface area contributed by atoms with Crippen molar-refractivity contribution in [3.05, 3.63) is 0 Å². The van der Waals surface area contributed by atoms with Gasteiger partial charge in [0.1, 0.15) is 0 Å². The molecule has 0 N–H and O–H groups in total. The number of thioether (sulfide) groups is 2. The molecule has 5 fully saturated rings. The van der Waals surface area contributed by atoms with Crippen LogP contribution in [-0.2, 0) is 4.43 Å². The Labute approximate surface area is 177 Å². The Morgan fingerprint density at radius 3 is 2.00 bits per heavy atom. The maximum Gasteiger partial charge on any atom is 0.192 e. The van der Waals surface area contributed by atoms with Gasteiger partial charge < -0.3 is 4.43 Å². The minimum Gasteiger partial charge on any atom is -0.414 e. The molecule has 2 saturated heterocycles. The van der Waals surface area contributed by atoms with Gasteiger partial charge in [-0.15, -0.1) is 0 Å². The summed E-state index contributed by atoms with van der Waals surface area (Å²) in [5.41, 5.74) is 0.882. The number of rotatable bonds is 3. The Morgan fingerprint density at radius 2 is 1.37 bits per heavy atom. The molecular weight excluding hydrogens is 384 g/mol. The minimum absolute atomic E-state index is 0.585. The topological polar surface area (TPSA) is 9.23 Å². The first-order chi connectivity index (χ1) is 12.8. The summed E-state index contributed by atoms with van der Waals surface area (Å²) in [6.07, 6.45) is 10.9. The molecule has 0 aromatic heterocycles. The van der Waals surface area contributed by atoms with Gasteiger partial charge in [0.25, 0.3) is 0 Å². The van der Waals surface area contributed by atoms with Gasteiger partial charge in [0.15, 0.2) is 8.32 Å². The number of hydrogen-bond donors (Lipinski definition) is 0. The lowest BCUT2D eigenvalue weighted by molar-refractivity contribution is 0.0856. The van der Waals surface area contributed by atoms with Crippen molar-refractivity contribution in [3.8, 4) is 0 Å². The van der Waals surface area contributed by atoms with Gasteiger partial charge in [-0.2, -0.15) is 23.5 Å². The highest BCUT2D eigenvalue weighted by molar-refractivity contribution is 8.02. The SMILES string of the molecule is CC1CC2C3CC(C)SC3C([Si](C)(C)OC3C(C)CC4CCCCC43)C2S1. The molecule has 0 bridgehead atoms. The Kier molecular flexibility index (Phi) is 5.31. The van der Waals surface area contributed by atoms with Crippen LogP contribution in [0, 0.1) is 29.6 Å². The molecule has 0 aromatic rings. The van der Waals surface area contributed by atoms with Crippen LogP contribution in [-0.4, -0.2) is 35.4 Å². The van der Waals surface area contributed by atoms with Crippen molar-refractivity contribution < 1.29 is 4.43 Å². The molecule has 5 rings (SSSR count). The monoisotopic (exact) mass is 424 g/mol. The van der Waals surface area contributed by atoms with Crippen LogP contribution in [0.3, 0.4) is 0 Å². The van der Waals surface area contributed by atoms with Gasteiger partial charge in [0.05, 0.1) is 6.10 Å². The molecule has 0 radical (unpaired) electrons. The quantitative estimate of drug-likeness (QED) is 0.460. The molecule has 10 unspecified atom stereocenters. The van der Waals surface area contributed by atoms with Gasteiger partial charge in [-0.3, -0.25) is 0 Å². The Morgan fingerprint density at radius 1 is 0.778 bits per heavy atom. The van der Waals surface area contributed by atoms with E-state index in [-0.39, 0.29) is 0 Å². The van der Waals surface area contributed by atoms with E-state index in [9.17, 15) is 0 Å². The molecule has 2 heterocycles. The van der Waals surface area contributed by atoms with Crippen LogP contribution < -0.4 is 0 Å². The Balaban J connectivity index is 1.38. The van der Waals surface area contributed by atoms with Crippen LogP contribution >= 0.6 is 23.5 Å². The zero-order valence-electron chi connectivity index (χ0n) is 18.0. The fourth-order valence-corrected chi connectivity index (χ4v) is 17.4. The number of fused-ring (bicyclic) bond motifs is 4. The third-order valence-electron chi connectivity index (χ3n) is 8.96. The van der Waals surface area contributed by atoms with Gasteiger partial charge in [-0.05, 0) is 68.4 Å². The zero-order valence-corrected chi connectivity index (χ0v) is 20.7.